The van der Waals surface area contributed by atoms with E-state index in [4.69, 9.17) is 28.1 Å². The maximum atomic E-state index is 11.5. The molecule has 2 aliphatic rings. The Kier molecular flexibility index (Phi) is 7.09. The third kappa shape index (κ3) is 4.62. The Morgan fingerprint density at radius 3 is 2.50 bits per heavy atom. The maximum absolute atomic E-state index is 11.5. The minimum atomic E-state index is -1.90. The first-order valence-corrected chi connectivity index (χ1v) is 10.4. The number of ether oxygens (including phenoxy) is 5. The lowest BCUT2D eigenvalue weighted by Crippen LogP contribution is -2.60. The van der Waals surface area contributed by atoms with Crippen LogP contribution in [0.4, 0.5) is 0 Å². The van der Waals surface area contributed by atoms with Crippen molar-refractivity contribution in [2.24, 2.45) is 0 Å². The van der Waals surface area contributed by atoms with Crippen LogP contribution in [-0.2, 0) is 14.2 Å². The van der Waals surface area contributed by atoms with Crippen molar-refractivity contribution in [3.63, 3.8) is 0 Å². The van der Waals surface area contributed by atoms with Crippen LogP contribution in [0.3, 0.4) is 0 Å². The molecule has 188 valence electrons. The van der Waals surface area contributed by atoms with Gasteiger partial charge < -0.3 is 58.7 Å². The second kappa shape index (κ2) is 9.73. The number of hydrogen-bond acceptors (Lipinski definition) is 13. The van der Waals surface area contributed by atoms with E-state index in [9.17, 15) is 35.4 Å². The molecule has 0 aliphatic carbocycles. The molecule has 13 heteroatoms. The zero-order valence-corrected chi connectivity index (χ0v) is 18.0. The highest BCUT2D eigenvalue weighted by Crippen LogP contribution is 2.35. The largest absolute Gasteiger partial charge is 0.493 e. The van der Waals surface area contributed by atoms with Gasteiger partial charge in [-0.25, -0.2) is 4.79 Å². The predicted octanol–water partition coefficient (Wildman–Crippen LogP) is -2.55. The molecule has 1 aromatic carbocycles. The van der Waals surface area contributed by atoms with Crippen molar-refractivity contribution in [2.75, 3.05) is 26.9 Å². The lowest BCUT2D eigenvalue weighted by Gasteiger charge is -2.40. The molecule has 0 amide bonds. The molecule has 8 atom stereocenters. The summed E-state index contributed by atoms with van der Waals surface area (Å²) in [4.78, 5) is 11.5. The Hall–Kier alpha value is -2.33. The van der Waals surface area contributed by atoms with Gasteiger partial charge in [-0.3, -0.25) is 0 Å². The number of benzene rings is 1. The van der Waals surface area contributed by atoms with E-state index in [2.05, 4.69) is 0 Å². The van der Waals surface area contributed by atoms with Crippen LogP contribution in [0.25, 0.3) is 11.0 Å². The van der Waals surface area contributed by atoms with Gasteiger partial charge in [0, 0.05) is 17.5 Å². The van der Waals surface area contributed by atoms with Gasteiger partial charge in [0.2, 0.25) is 6.29 Å². The average molecular weight is 486 g/mol. The predicted molar refractivity (Wildman–Crippen MR) is 110 cm³/mol. The summed E-state index contributed by atoms with van der Waals surface area (Å²) in [5.41, 5.74) is -2.31. The SMILES string of the molecule is COc1cc2ccc(=O)oc2cc1O[C@@H]1O[C@H](CO[C@@H]2OCC(O)(CO)[C@@H]2O)[C@@H](O)[C@H](O)[C@H]1O. The zero-order valence-electron chi connectivity index (χ0n) is 18.0. The number of hydrogen-bond donors (Lipinski definition) is 6. The summed E-state index contributed by atoms with van der Waals surface area (Å²) in [5, 5.41) is 60.9. The Bertz CT molecular complexity index is 1060. The van der Waals surface area contributed by atoms with Crippen LogP contribution in [0.1, 0.15) is 0 Å². The number of aliphatic hydroxyl groups excluding tert-OH is 5. The molecule has 2 aromatic rings. The summed E-state index contributed by atoms with van der Waals surface area (Å²) in [6.45, 7) is -1.57. The van der Waals surface area contributed by atoms with Gasteiger partial charge in [-0.15, -0.1) is 0 Å². The number of rotatable bonds is 7. The molecule has 6 N–H and O–H groups in total. The van der Waals surface area contributed by atoms with Crippen molar-refractivity contribution in [3.8, 4) is 11.5 Å². The summed E-state index contributed by atoms with van der Waals surface area (Å²) >= 11 is 0. The van der Waals surface area contributed by atoms with Crippen LogP contribution >= 0.6 is 0 Å². The van der Waals surface area contributed by atoms with Crippen LogP contribution in [0.15, 0.2) is 33.5 Å². The molecule has 1 aromatic heterocycles. The Labute approximate surface area is 192 Å². The molecule has 2 aliphatic heterocycles. The van der Waals surface area contributed by atoms with Crippen molar-refractivity contribution in [2.45, 2.75) is 48.7 Å². The molecule has 34 heavy (non-hydrogen) atoms. The highest BCUT2D eigenvalue weighted by molar-refractivity contribution is 5.80. The molecule has 2 fully saturated rings. The van der Waals surface area contributed by atoms with Crippen LogP contribution in [0, 0.1) is 0 Å². The Morgan fingerprint density at radius 1 is 1.06 bits per heavy atom. The normalized spacial score (nSPS) is 36.0. The van der Waals surface area contributed by atoms with E-state index in [1.807, 2.05) is 0 Å². The number of fused-ring (bicyclic) bond motifs is 1. The highest BCUT2D eigenvalue weighted by Gasteiger charge is 2.50. The molecule has 2 saturated heterocycles. The molecule has 1 unspecified atom stereocenters. The van der Waals surface area contributed by atoms with Crippen LogP contribution in [0.2, 0.25) is 0 Å². The van der Waals surface area contributed by atoms with Crippen LogP contribution < -0.4 is 15.1 Å². The molecule has 4 rings (SSSR count). The molecule has 0 saturated carbocycles. The van der Waals surface area contributed by atoms with Gasteiger partial charge in [0.25, 0.3) is 0 Å². The highest BCUT2D eigenvalue weighted by atomic mass is 16.7. The van der Waals surface area contributed by atoms with Crippen LogP contribution in [-0.4, -0.2) is 106 Å². The average Bonchev–Trinajstić information content (AvgIpc) is 3.12. The van der Waals surface area contributed by atoms with E-state index in [0.717, 1.165) is 0 Å². The minimum absolute atomic E-state index is 0.0271. The first-order chi connectivity index (χ1) is 16.2. The van der Waals surface area contributed by atoms with E-state index in [1.54, 1.807) is 0 Å². The van der Waals surface area contributed by atoms with E-state index in [1.165, 1.54) is 31.4 Å². The van der Waals surface area contributed by atoms with Gasteiger partial charge in [-0.1, -0.05) is 0 Å². The van der Waals surface area contributed by atoms with E-state index >= 15 is 0 Å². The maximum Gasteiger partial charge on any atom is 0.336 e. The van der Waals surface area contributed by atoms with Crippen molar-refractivity contribution >= 4 is 11.0 Å². The fraction of sp³-hybridized carbons (Fsp3) is 0.571. The van der Waals surface area contributed by atoms with E-state index in [-0.39, 0.29) is 23.7 Å². The molecule has 0 bridgehead atoms. The Balaban J connectivity index is 1.50. The lowest BCUT2D eigenvalue weighted by atomic mass is 9.99. The summed E-state index contributed by atoms with van der Waals surface area (Å²) in [6, 6.07) is 5.66. The minimum Gasteiger partial charge on any atom is -0.493 e. The molecular weight excluding hydrogens is 460 g/mol. The van der Waals surface area contributed by atoms with Gasteiger partial charge in [0.05, 0.1) is 26.9 Å². The zero-order chi connectivity index (χ0) is 24.6. The number of methoxy groups -OCH3 is 1. The fourth-order valence-corrected chi connectivity index (χ4v) is 3.73. The second-order valence-corrected chi connectivity index (χ2v) is 8.15. The topological polar surface area (TPSA) is 198 Å². The summed E-state index contributed by atoms with van der Waals surface area (Å²) in [6.07, 6.45) is -10.6. The van der Waals surface area contributed by atoms with Crippen LogP contribution in [0.5, 0.6) is 11.5 Å². The van der Waals surface area contributed by atoms with Gasteiger partial charge in [-0.05, 0) is 12.1 Å². The molecule has 3 heterocycles. The fourth-order valence-electron chi connectivity index (χ4n) is 3.73. The second-order valence-electron chi connectivity index (χ2n) is 8.15. The van der Waals surface area contributed by atoms with Gasteiger partial charge in [0.1, 0.15) is 41.7 Å². The lowest BCUT2D eigenvalue weighted by molar-refractivity contribution is -0.289. The standard InChI is InChI=1S/C21H26O13/c1-29-11-4-9-2-3-14(23)32-10(9)5-12(11)33-19-17(26)16(25)15(24)13(34-19)6-30-20-18(27)21(28,7-22)8-31-20/h2-5,13,15-20,22,24-28H,6-8H2,1H3/t13-,15-,16+,17-,18-,19-,20-,21?/m1/s1. The van der Waals surface area contributed by atoms with Gasteiger partial charge in [-0.2, -0.15) is 0 Å². The third-order valence-corrected chi connectivity index (χ3v) is 5.82. The van der Waals surface area contributed by atoms with Crippen molar-refractivity contribution in [1.29, 1.82) is 0 Å². The molecule has 0 spiro atoms. The number of aliphatic hydroxyl groups is 6. The summed E-state index contributed by atoms with van der Waals surface area (Å²) in [7, 11) is 1.38. The molecule has 0 radical (unpaired) electrons. The Morgan fingerprint density at radius 2 is 1.82 bits per heavy atom. The van der Waals surface area contributed by atoms with Crippen molar-refractivity contribution in [3.05, 3.63) is 34.7 Å². The van der Waals surface area contributed by atoms with Crippen molar-refractivity contribution in [1.82, 2.24) is 0 Å². The smallest absolute Gasteiger partial charge is 0.336 e. The molecular formula is C21H26O13. The van der Waals surface area contributed by atoms with Gasteiger partial charge >= 0.3 is 5.63 Å². The van der Waals surface area contributed by atoms with Gasteiger partial charge in [0.15, 0.2) is 17.8 Å². The quantitative estimate of drug-likeness (QED) is 0.224. The summed E-state index contributed by atoms with van der Waals surface area (Å²) < 4.78 is 32.2. The van der Waals surface area contributed by atoms with E-state index < -0.39 is 67.5 Å². The van der Waals surface area contributed by atoms with Crippen molar-refractivity contribution < 1.29 is 58.7 Å². The first kappa shape index (κ1) is 24.8. The summed E-state index contributed by atoms with van der Waals surface area (Å²) in [5.74, 6) is 0.246. The third-order valence-electron chi connectivity index (χ3n) is 5.82. The monoisotopic (exact) mass is 486 g/mol. The molecule has 13 nitrogen and oxygen atoms in total. The first-order valence-electron chi connectivity index (χ1n) is 10.4. The van der Waals surface area contributed by atoms with E-state index in [0.29, 0.717) is 5.39 Å².